The number of aliphatic hydroxyl groups is 1. The second-order valence-electron chi connectivity index (χ2n) is 17.1. The van der Waals surface area contributed by atoms with Gasteiger partial charge in [-0.25, -0.2) is 9.59 Å². The molecule has 0 spiro atoms. The molecule has 0 aromatic rings. The quantitative estimate of drug-likeness (QED) is 0.0375. The summed E-state index contributed by atoms with van der Waals surface area (Å²) in [6, 6.07) is 0. The molecule has 1 N–H and O–H groups in total. The summed E-state index contributed by atoms with van der Waals surface area (Å²) >= 11 is 0. The fourth-order valence-electron chi connectivity index (χ4n) is 7.69. The molecule has 6 heteroatoms. The fraction of sp³-hybridized carbons (Fsp3) is 0.882. The summed E-state index contributed by atoms with van der Waals surface area (Å²) in [6.07, 6.45) is 45.2. The first kappa shape index (κ1) is 55.3. The molecule has 0 heterocycles. The summed E-state index contributed by atoms with van der Waals surface area (Å²) in [4.78, 5) is 27.7. The molecular formula is C51H97NO5. The topological polar surface area (TPSA) is 76.1 Å². The van der Waals surface area contributed by atoms with Crippen molar-refractivity contribution < 1.29 is 24.2 Å². The first-order chi connectivity index (χ1) is 28.0. The number of unbranched alkanes of at least 4 members (excludes halogenated alkanes) is 24. The van der Waals surface area contributed by atoms with E-state index in [-0.39, 0.29) is 18.5 Å². The van der Waals surface area contributed by atoms with Crippen molar-refractivity contribution in [2.75, 3.05) is 39.5 Å². The predicted molar refractivity (Wildman–Crippen MR) is 246 cm³/mol. The molecule has 0 saturated heterocycles. The normalized spacial score (nSPS) is 12.2. The summed E-state index contributed by atoms with van der Waals surface area (Å²) in [5.74, 6) is -0.301. The molecule has 0 aromatic carbocycles. The molecule has 336 valence electrons. The Morgan fingerprint density at radius 3 is 1.04 bits per heavy atom. The van der Waals surface area contributed by atoms with Gasteiger partial charge >= 0.3 is 11.9 Å². The van der Waals surface area contributed by atoms with Crippen molar-refractivity contribution in [1.29, 1.82) is 0 Å². The van der Waals surface area contributed by atoms with E-state index in [1.54, 1.807) is 0 Å². The molecule has 0 amide bonds. The SMILES string of the molecule is CCCCCCCCCC/C(=C\C(=O)OCCCCCCN(CCCO)CCCCCCOC(=O)/C=C(/CCCCC)CCCCCCCCCC)CCCCC. The Labute approximate surface area is 355 Å². The minimum atomic E-state index is -0.150. The Hall–Kier alpha value is -1.66. The van der Waals surface area contributed by atoms with E-state index in [1.165, 1.54) is 140 Å². The lowest BCUT2D eigenvalue weighted by molar-refractivity contribution is -0.138. The Kier molecular flexibility index (Phi) is 44.1. The highest BCUT2D eigenvalue weighted by Crippen LogP contribution is 2.20. The number of carbonyl (C=O) groups excluding carboxylic acids is 2. The molecular weight excluding hydrogens is 707 g/mol. The predicted octanol–water partition coefficient (Wildman–Crippen LogP) is 15.0. The average Bonchev–Trinajstić information content (AvgIpc) is 3.20. The maximum atomic E-state index is 12.6. The van der Waals surface area contributed by atoms with E-state index in [0.29, 0.717) is 13.2 Å². The van der Waals surface area contributed by atoms with Crippen molar-refractivity contribution in [3.8, 4) is 0 Å². The second kappa shape index (κ2) is 45.4. The minimum Gasteiger partial charge on any atom is -0.463 e. The highest BCUT2D eigenvalue weighted by Gasteiger charge is 2.08. The number of hydrogen-bond donors (Lipinski definition) is 1. The lowest BCUT2D eigenvalue weighted by Crippen LogP contribution is -2.28. The molecule has 0 aliphatic carbocycles. The van der Waals surface area contributed by atoms with Crippen LogP contribution < -0.4 is 0 Å². The van der Waals surface area contributed by atoms with Crippen molar-refractivity contribution in [1.82, 2.24) is 4.90 Å². The second-order valence-corrected chi connectivity index (χ2v) is 17.1. The van der Waals surface area contributed by atoms with Gasteiger partial charge in [-0.1, -0.05) is 180 Å². The van der Waals surface area contributed by atoms with Crippen LogP contribution in [0.4, 0.5) is 0 Å². The van der Waals surface area contributed by atoms with Crippen LogP contribution in [-0.2, 0) is 19.1 Å². The zero-order valence-corrected chi connectivity index (χ0v) is 38.7. The third kappa shape index (κ3) is 40.9. The van der Waals surface area contributed by atoms with E-state index in [0.717, 1.165) is 116 Å². The number of hydrogen-bond acceptors (Lipinski definition) is 6. The Bertz CT molecular complexity index is 861. The van der Waals surface area contributed by atoms with Crippen LogP contribution in [0.1, 0.15) is 252 Å². The molecule has 57 heavy (non-hydrogen) atoms. The maximum absolute atomic E-state index is 12.6. The summed E-state index contributed by atoms with van der Waals surface area (Å²) in [7, 11) is 0. The van der Waals surface area contributed by atoms with Crippen LogP contribution >= 0.6 is 0 Å². The number of nitrogens with zero attached hydrogens (tertiary/aromatic N) is 1. The molecule has 0 bridgehead atoms. The molecule has 0 unspecified atom stereocenters. The molecule has 0 fully saturated rings. The minimum absolute atomic E-state index is 0.150. The van der Waals surface area contributed by atoms with Gasteiger partial charge in [-0.3, -0.25) is 0 Å². The lowest BCUT2D eigenvalue weighted by Gasteiger charge is -2.22. The fourth-order valence-corrected chi connectivity index (χ4v) is 7.69. The van der Waals surface area contributed by atoms with Gasteiger partial charge in [-0.15, -0.1) is 0 Å². The van der Waals surface area contributed by atoms with Crippen LogP contribution in [-0.4, -0.2) is 61.4 Å². The monoisotopic (exact) mass is 804 g/mol. The number of ether oxygens (including phenoxy) is 2. The molecule has 0 aliphatic rings. The van der Waals surface area contributed by atoms with Gasteiger partial charge in [0, 0.05) is 25.3 Å². The van der Waals surface area contributed by atoms with Crippen molar-refractivity contribution in [2.45, 2.75) is 252 Å². The zero-order valence-electron chi connectivity index (χ0n) is 38.7. The van der Waals surface area contributed by atoms with E-state index in [1.807, 2.05) is 12.2 Å². The maximum Gasteiger partial charge on any atom is 0.330 e. The molecule has 0 atom stereocenters. The van der Waals surface area contributed by atoms with Gasteiger partial charge in [-0.2, -0.15) is 0 Å². The van der Waals surface area contributed by atoms with Gasteiger partial charge in [0.05, 0.1) is 13.2 Å². The van der Waals surface area contributed by atoms with Gasteiger partial charge in [0.1, 0.15) is 0 Å². The zero-order chi connectivity index (χ0) is 41.7. The standard InChI is InChI=1S/C51H97NO5/c1-5-9-13-15-17-19-21-29-38-48(36-27-11-7-3)46-50(54)56-44-33-25-23-31-40-52(42-35-43-53)41-32-24-26-34-45-57-51(55)47-49(37-28-12-8-4)39-30-22-20-18-16-14-10-6-2/h46-47,53H,5-45H2,1-4H3/b48-46-,49-47-. The number of esters is 2. The summed E-state index contributed by atoms with van der Waals surface area (Å²) in [5.41, 5.74) is 2.56. The van der Waals surface area contributed by atoms with Crippen LogP contribution in [0.25, 0.3) is 0 Å². The number of rotatable bonds is 45. The van der Waals surface area contributed by atoms with Gasteiger partial charge < -0.3 is 19.5 Å². The van der Waals surface area contributed by atoms with Crippen molar-refractivity contribution in [2.24, 2.45) is 0 Å². The Morgan fingerprint density at radius 2 is 0.667 bits per heavy atom. The number of allylic oxidation sites excluding steroid dienone is 2. The molecule has 0 rings (SSSR count). The van der Waals surface area contributed by atoms with Crippen molar-refractivity contribution >= 4 is 11.9 Å². The highest BCUT2D eigenvalue weighted by atomic mass is 16.5. The Balaban J connectivity index is 4.29. The molecule has 0 radical (unpaired) electrons. The van der Waals surface area contributed by atoms with Gasteiger partial charge in [0.25, 0.3) is 0 Å². The summed E-state index contributed by atoms with van der Waals surface area (Å²) < 4.78 is 11.3. The van der Waals surface area contributed by atoms with E-state index in [2.05, 4.69) is 32.6 Å². The third-order valence-electron chi connectivity index (χ3n) is 11.4. The van der Waals surface area contributed by atoms with Crippen LogP contribution in [0, 0.1) is 0 Å². The van der Waals surface area contributed by atoms with Crippen LogP contribution in [0.5, 0.6) is 0 Å². The van der Waals surface area contributed by atoms with E-state index in [9.17, 15) is 14.7 Å². The van der Waals surface area contributed by atoms with Crippen LogP contribution in [0.2, 0.25) is 0 Å². The van der Waals surface area contributed by atoms with Gasteiger partial charge in [0.2, 0.25) is 0 Å². The van der Waals surface area contributed by atoms with E-state index in [4.69, 9.17) is 9.47 Å². The van der Waals surface area contributed by atoms with Crippen molar-refractivity contribution in [3.05, 3.63) is 23.3 Å². The number of aliphatic hydroxyl groups excluding tert-OH is 1. The van der Waals surface area contributed by atoms with Crippen molar-refractivity contribution in [3.63, 3.8) is 0 Å². The average molecular weight is 804 g/mol. The highest BCUT2D eigenvalue weighted by molar-refractivity contribution is 5.83. The third-order valence-corrected chi connectivity index (χ3v) is 11.4. The first-order valence-electron chi connectivity index (χ1n) is 25.1. The van der Waals surface area contributed by atoms with E-state index < -0.39 is 0 Å². The lowest BCUT2D eigenvalue weighted by atomic mass is 10.00. The first-order valence-corrected chi connectivity index (χ1v) is 25.1. The Morgan fingerprint density at radius 1 is 0.386 bits per heavy atom. The largest absolute Gasteiger partial charge is 0.463 e. The summed E-state index contributed by atoms with van der Waals surface area (Å²) in [6.45, 7) is 13.3. The van der Waals surface area contributed by atoms with Crippen LogP contribution in [0.15, 0.2) is 23.3 Å². The molecule has 0 saturated carbocycles. The molecule has 0 aromatic heterocycles. The number of carbonyl (C=O) groups is 2. The van der Waals surface area contributed by atoms with Crippen LogP contribution in [0.3, 0.4) is 0 Å². The molecule has 6 nitrogen and oxygen atoms in total. The summed E-state index contributed by atoms with van der Waals surface area (Å²) in [5, 5.41) is 9.44. The van der Waals surface area contributed by atoms with Gasteiger partial charge in [0.15, 0.2) is 0 Å². The van der Waals surface area contributed by atoms with Gasteiger partial charge in [-0.05, 0) is 96.6 Å². The molecule has 0 aliphatic heterocycles. The smallest absolute Gasteiger partial charge is 0.330 e. The van der Waals surface area contributed by atoms with E-state index >= 15 is 0 Å².